The molecule has 4 heterocycles. The van der Waals surface area contributed by atoms with Gasteiger partial charge < -0.3 is 15.1 Å². The smallest absolute Gasteiger partial charge is 0.200 e. The van der Waals surface area contributed by atoms with E-state index in [1.807, 2.05) is 24.3 Å². The van der Waals surface area contributed by atoms with E-state index in [1.54, 1.807) is 18.6 Å². The highest BCUT2D eigenvalue weighted by Crippen LogP contribution is 2.26. The Morgan fingerprint density at radius 2 is 1.93 bits per heavy atom. The zero-order valence-electron chi connectivity index (χ0n) is 14.7. The van der Waals surface area contributed by atoms with Crippen LogP contribution >= 0.6 is 0 Å². The van der Waals surface area contributed by atoms with Crippen molar-refractivity contribution < 1.29 is 4.42 Å². The fraction of sp³-hybridized carbons (Fsp3) is 0.250. The molecule has 0 atom stereocenters. The SMILES string of the molecule is NC1CCN(c2cc3c(=O)c4ccc(-c5cn[nH]c5)cc4oc3cn2)CC1. The molecule has 0 saturated carbocycles. The Hall–Kier alpha value is -3.19. The number of anilines is 1. The minimum absolute atomic E-state index is 0.0395. The predicted octanol–water partition coefficient (Wildman–Crippen LogP) is 2.66. The Bertz CT molecular complexity index is 1170. The van der Waals surface area contributed by atoms with Crippen molar-refractivity contribution in [2.75, 3.05) is 18.0 Å². The fourth-order valence-electron chi connectivity index (χ4n) is 3.64. The number of fused-ring (bicyclic) bond motifs is 2. The van der Waals surface area contributed by atoms with Crippen molar-refractivity contribution in [2.45, 2.75) is 18.9 Å². The van der Waals surface area contributed by atoms with E-state index in [4.69, 9.17) is 10.2 Å². The van der Waals surface area contributed by atoms with Crippen LogP contribution in [0.2, 0.25) is 0 Å². The van der Waals surface area contributed by atoms with Crippen LogP contribution in [0.1, 0.15) is 12.8 Å². The molecule has 1 aliphatic heterocycles. The molecule has 0 aliphatic carbocycles. The Balaban J connectivity index is 1.61. The summed E-state index contributed by atoms with van der Waals surface area (Å²) in [7, 11) is 0. The van der Waals surface area contributed by atoms with Crippen molar-refractivity contribution in [1.29, 1.82) is 0 Å². The molecule has 0 radical (unpaired) electrons. The summed E-state index contributed by atoms with van der Waals surface area (Å²) in [4.78, 5) is 19.7. The summed E-state index contributed by atoms with van der Waals surface area (Å²) < 4.78 is 5.99. The fourth-order valence-corrected chi connectivity index (χ4v) is 3.64. The van der Waals surface area contributed by atoms with Crippen LogP contribution in [0, 0.1) is 0 Å². The Morgan fingerprint density at radius 1 is 1.07 bits per heavy atom. The van der Waals surface area contributed by atoms with Gasteiger partial charge in [-0.2, -0.15) is 5.10 Å². The van der Waals surface area contributed by atoms with Crippen LogP contribution in [0.25, 0.3) is 33.1 Å². The van der Waals surface area contributed by atoms with E-state index >= 15 is 0 Å². The van der Waals surface area contributed by atoms with E-state index in [-0.39, 0.29) is 11.5 Å². The number of hydrogen-bond donors (Lipinski definition) is 2. The summed E-state index contributed by atoms with van der Waals surface area (Å²) in [6.07, 6.45) is 7.05. The molecule has 1 aromatic carbocycles. The lowest BCUT2D eigenvalue weighted by Gasteiger charge is -2.31. The second-order valence-corrected chi connectivity index (χ2v) is 6.99. The number of piperidine rings is 1. The molecular formula is C20H19N5O2. The minimum atomic E-state index is -0.0395. The third-order valence-electron chi connectivity index (χ3n) is 5.24. The van der Waals surface area contributed by atoms with E-state index in [1.165, 1.54) is 0 Å². The van der Waals surface area contributed by atoms with Gasteiger partial charge in [-0.1, -0.05) is 6.07 Å². The summed E-state index contributed by atoms with van der Waals surface area (Å²) >= 11 is 0. The van der Waals surface area contributed by atoms with Crippen molar-refractivity contribution >= 4 is 27.8 Å². The van der Waals surface area contributed by atoms with Crippen LogP contribution < -0.4 is 16.1 Å². The second kappa shape index (κ2) is 6.21. The van der Waals surface area contributed by atoms with E-state index in [9.17, 15) is 4.79 Å². The Kier molecular flexibility index (Phi) is 3.68. The average molecular weight is 361 g/mol. The zero-order valence-corrected chi connectivity index (χ0v) is 14.7. The third kappa shape index (κ3) is 2.76. The van der Waals surface area contributed by atoms with Crippen LogP contribution in [0.3, 0.4) is 0 Å². The van der Waals surface area contributed by atoms with Crippen molar-refractivity contribution in [3.63, 3.8) is 0 Å². The maximum Gasteiger partial charge on any atom is 0.200 e. The quantitative estimate of drug-likeness (QED) is 0.532. The summed E-state index contributed by atoms with van der Waals surface area (Å²) in [6, 6.07) is 7.66. The summed E-state index contributed by atoms with van der Waals surface area (Å²) in [5.74, 6) is 0.802. The molecule has 136 valence electrons. The zero-order chi connectivity index (χ0) is 18.4. The van der Waals surface area contributed by atoms with Gasteiger partial charge in [-0.15, -0.1) is 0 Å². The highest BCUT2D eigenvalue weighted by molar-refractivity contribution is 5.92. The summed E-state index contributed by atoms with van der Waals surface area (Å²) in [6.45, 7) is 1.71. The van der Waals surface area contributed by atoms with Gasteiger partial charge in [0, 0.05) is 30.9 Å². The molecule has 7 heteroatoms. The van der Waals surface area contributed by atoms with Gasteiger partial charge in [-0.25, -0.2) is 4.98 Å². The van der Waals surface area contributed by atoms with Gasteiger partial charge in [0.15, 0.2) is 5.58 Å². The number of aromatic nitrogens is 3. The van der Waals surface area contributed by atoms with Crippen LogP contribution in [-0.2, 0) is 0 Å². The van der Waals surface area contributed by atoms with E-state index < -0.39 is 0 Å². The molecular weight excluding hydrogens is 342 g/mol. The van der Waals surface area contributed by atoms with Crippen molar-refractivity contribution in [1.82, 2.24) is 15.2 Å². The number of H-pyrrole nitrogens is 1. The average Bonchev–Trinajstić information content (AvgIpc) is 3.23. The molecule has 1 fully saturated rings. The number of hydrogen-bond acceptors (Lipinski definition) is 6. The first kappa shape index (κ1) is 16.0. The second-order valence-electron chi connectivity index (χ2n) is 6.99. The maximum absolute atomic E-state index is 13.0. The van der Waals surface area contributed by atoms with Crippen molar-refractivity contribution in [3.8, 4) is 11.1 Å². The first-order chi connectivity index (χ1) is 13.2. The number of rotatable bonds is 2. The number of aromatic amines is 1. The van der Waals surface area contributed by atoms with E-state index in [0.717, 1.165) is 42.9 Å². The van der Waals surface area contributed by atoms with Gasteiger partial charge in [0.1, 0.15) is 11.4 Å². The topological polar surface area (TPSA) is 101 Å². The van der Waals surface area contributed by atoms with Crippen LogP contribution in [-0.4, -0.2) is 34.3 Å². The normalized spacial score (nSPS) is 15.7. The lowest BCUT2D eigenvalue weighted by molar-refractivity contribution is 0.498. The largest absolute Gasteiger partial charge is 0.454 e. The number of nitrogens with two attached hydrogens (primary N) is 1. The van der Waals surface area contributed by atoms with Gasteiger partial charge >= 0.3 is 0 Å². The molecule has 7 nitrogen and oxygen atoms in total. The van der Waals surface area contributed by atoms with E-state index in [2.05, 4.69) is 20.1 Å². The first-order valence-corrected chi connectivity index (χ1v) is 9.05. The number of nitrogens with zero attached hydrogens (tertiary/aromatic N) is 3. The summed E-state index contributed by atoms with van der Waals surface area (Å²) in [5, 5.41) is 7.87. The maximum atomic E-state index is 13.0. The van der Waals surface area contributed by atoms with E-state index in [0.29, 0.717) is 21.9 Å². The van der Waals surface area contributed by atoms with Crippen molar-refractivity contribution in [2.24, 2.45) is 5.73 Å². The lowest BCUT2D eigenvalue weighted by Crippen LogP contribution is -2.40. The molecule has 0 spiro atoms. The minimum Gasteiger partial charge on any atom is -0.454 e. The Morgan fingerprint density at radius 3 is 2.70 bits per heavy atom. The molecule has 3 aromatic heterocycles. The molecule has 0 amide bonds. The standard InChI is InChI=1S/C20H19N5O2/c21-14-3-5-25(6-4-14)19-8-16-18(11-22-19)27-17-7-12(13-9-23-24-10-13)1-2-15(17)20(16)26/h1-2,7-11,14H,3-6,21H2,(H,23,24). The number of nitrogens with one attached hydrogen (secondary N) is 1. The molecule has 1 saturated heterocycles. The van der Waals surface area contributed by atoms with Crippen LogP contribution in [0.4, 0.5) is 5.82 Å². The van der Waals surface area contributed by atoms with Gasteiger partial charge in [-0.05, 0) is 36.6 Å². The first-order valence-electron chi connectivity index (χ1n) is 9.05. The summed E-state index contributed by atoms with van der Waals surface area (Å²) in [5.41, 5.74) is 8.86. The molecule has 3 N–H and O–H groups in total. The Labute approximate surface area is 154 Å². The molecule has 27 heavy (non-hydrogen) atoms. The van der Waals surface area contributed by atoms with Gasteiger partial charge in [0.2, 0.25) is 5.43 Å². The lowest BCUT2D eigenvalue weighted by atomic mass is 10.1. The van der Waals surface area contributed by atoms with Gasteiger partial charge in [0.05, 0.1) is 23.2 Å². The highest BCUT2D eigenvalue weighted by Gasteiger charge is 2.18. The number of pyridine rings is 1. The van der Waals surface area contributed by atoms with Crippen molar-refractivity contribution in [3.05, 3.63) is 53.1 Å². The highest BCUT2D eigenvalue weighted by atomic mass is 16.3. The van der Waals surface area contributed by atoms with Crippen LogP contribution in [0.15, 0.2) is 52.1 Å². The molecule has 1 aliphatic rings. The molecule has 5 rings (SSSR count). The van der Waals surface area contributed by atoms with Gasteiger partial charge in [-0.3, -0.25) is 9.89 Å². The van der Waals surface area contributed by atoms with Gasteiger partial charge in [0.25, 0.3) is 0 Å². The molecule has 0 unspecified atom stereocenters. The third-order valence-corrected chi connectivity index (χ3v) is 5.24. The monoisotopic (exact) mass is 361 g/mol. The number of benzene rings is 1. The molecule has 0 bridgehead atoms. The predicted molar refractivity (Wildman–Crippen MR) is 105 cm³/mol. The molecule has 4 aromatic rings. The van der Waals surface area contributed by atoms with Crippen LogP contribution in [0.5, 0.6) is 0 Å².